The predicted molar refractivity (Wildman–Crippen MR) is 125 cm³/mol. The molecule has 0 unspecified atom stereocenters. The molecule has 2 aromatic carbocycles. The first-order valence-electron chi connectivity index (χ1n) is 9.96. The van der Waals surface area contributed by atoms with Crippen LogP contribution in [0.5, 0.6) is 0 Å². The molecule has 1 aliphatic rings. The Balaban J connectivity index is 1.60. The van der Waals surface area contributed by atoms with E-state index in [9.17, 15) is 14.4 Å². The molecule has 2 heterocycles. The first-order valence-corrected chi connectivity index (χ1v) is 10.7. The summed E-state index contributed by atoms with van der Waals surface area (Å²) < 4.78 is 11.0. The third-order valence-electron chi connectivity index (χ3n) is 4.68. The predicted octanol–water partition coefficient (Wildman–Crippen LogP) is 5.28. The number of rotatable bonds is 5. The molecule has 4 rings (SSSR count). The molecule has 0 spiro atoms. The fourth-order valence-electron chi connectivity index (χ4n) is 3.19. The molecule has 0 bridgehead atoms. The van der Waals surface area contributed by atoms with E-state index in [1.54, 1.807) is 68.4 Å². The van der Waals surface area contributed by atoms with E-state index in [1.807, 2.05) is 0 Å². The molecule has 1 fully saturated rings. The maximum atomic E-state index is 12.8. The molecule has 9 heteroatoms. The number of hydrazine groups is 1. The zero-order valence-electron chi connectivity index (χ0n) is 17.6. The van der Waals surface area contributed by atoms with Crippen LogP contribution >= 0.6 is 23.2 Å². The second-order valence-corrected chi connectivity index (χ2v) is 8.31. The SMILES string of the molecule is CC(C)OC(=O)c1cc(-c2ccc(/C=C3/C(=O)NN(c4cccc(Cl)c4)C3=O)o2)ccc1Cl. The van der Waals surface area contributed by atoms with E-state index in [0.717, 1.165) is 5.01 Å². The summed E-state index contributed by atoms with van der Waals surface area (Å²) in [5, 5.41) is 1.81. The average Bonchev–Trinajstić information content (AvgIpc) is 3.34. The van der Waals surface area contributed by atoms with Gasteiger partial charge in [0.1, 0.15) is 17.1 Å². The summed E-state index contributed by atoms with van der Waals surface area (Å²) in [7, 11) is 0. The molecular formula is C24H18Cl2N2O5. The monoisotopic (exact) mass is 484 g/mol. The molecule has 1 aromatic heterocycles. The molecule has 1 N–H and O–H groups in total. The van der Waals surface area contributed by atoms with Crippen molar-refractivity contribution in [3.05, 3.63) is 81.5 Å². The maximum Gasteiger partial charge on any atom is 0.339 e. The number of esters is 1. The molecule has 0 radical (unpaired) electrons. The second kappa shape index (κ2) is 9.13. The van der Waals surface area contributed by atoms with Gasteiger partial charge in [0.25, 0.3) is 11.8 Å². The molecule has 2 amide bonds. The lowest BCUT2D eigenvalue weighted by atomic mass is 10.1. The van der Waals surface area contributed by atoms with Crippen LogP contribution in [0.25, 0.3) is 17.4 Å². The summed E-state index contributed by atoms with van der Waals surface area (Å²) in [6.07, 6.45) is 1.07. The van der Waals surface area contributed by atoms with E-state index >= 15 is 0 Å². The van der Waals surface area contributed by atoms with Crippen molar-refractivity contribution in [2.75, 3.05) is 5.01 Å². The highest BCUT2D eigenvalue weighted by atomic mass is 35.5. The number of benzene rings is 2. The van der Waals surface area contributed by atoms with E-state index in [4.69, 9.17) is 32.4 Å². The fraction of sp³-hybridized carbons (Fsp3) is 0.125. The third kappa shape index (κ3) is 4.79. The molecule has 0 atom stereocenters. The Labute approximate surface area is 199 Å². The smallest absolute Gasteiger partial charge is 0.339 e. The third-order valence-corrected chi connectivity index (χ3v) is 5.25. The Morgan fingerprint density at radius 1 is 1.09 bits per heavy atom. The van der Waals surface area contributed by atoms with Crippen molar-refractivity contribution in [3.8, 4) is 11.3 Å². The fourth-order valence-corrected chi connectivity index (χ4v) is 3.57. The number of amides is 2. The number of hydrogen-bond acceptors (Lipinski definition) is 5. The highest BCUT2D eigenvalue weighted by Gasteiger charge is 2.34. The van der Waals surface area contributed by atoms with Crippen molar-refractivity contribution in [3.63, 3.8) is 0 Å². The first-order chi connectivity index (χ1) is 15.7. The molecule has 7 nitrogen and oxygen atoms in total. The van der Waals surface area contributed by atoms with Crippen molar-refractivity contribution < 1.29 is 23.5 Å². The molecule has 0 aliphatic carbocycles. The highest BCUT2D eigenvalue weighted by molar-refractivity contribution is 6.34. The number of halogens is 2. The van der Waals surface area contributed by atoms with Crippen molar-refractivity contribution >= 4 is 52.7 Å². The number of hydrogen-bond donors (Lipinski definition) is 1. The van der Waals surface area contributed by atoms with Crippen LogP contribution < -0.4 is 10.4 Å². The Hall–Kier alpha value is -3.55. The van der Waals surface area contributed by atoms with Crippen LogP contribution in [0, 0.1) is 0 Å². The zero-order chi connectivity index (χ0) is 23.7. The topological polar surface area (TPSA) is 88.9 Å². The quantitative estimate of drug-likeness (QED) is 0.302. The van der Waals surface area contributed by atoms with E-state index in [-0.39, 0.29) is 28.0 Å². The van der Waals surface area contributed by atoms with Gasteiger partial charge in [0.2, 0.25) is 0 Å². The first kappa shape index (κ1) is 22.6. The van der Waals surface area contributed by atoms with Crippen molar-refractivity contribution in [1.82, 2.24) is 5.43 Å². The Kier molecular flexibility index (Phi) is 6.26. The van der Waals surface area contributed by atoms with Crippen LogP contribution in [0.15, 0.2) is 64.6 Å². The van der Waals surface area contributed by atoms with Gasteiger partial charge in [-0.15, -0.1) is 0 Å². The van der Waals surface area contributed by atoms with Gasteiger partial charge in [-0.2, -0.15) is 0 Å². The number of carbonyl (C=O) groups is 3. The van der Waals surface area contributed by atoms with Crippen molar-refractivity contribution in [2.24, 2.45) is 0 Å². The van der Waals surface area contributed by atoms with Gasteiger partial charge in [-0.05, 0) is 68.5 Å². The van der Waals surface area contributed by atoms with Gasteiger partial charge in [-0.3, -0.25) is 15.0 Å². The van der Waals surface area contributed by atoms with Gasteiger partial charge >= 0.3 is 5.97 Å². The van der Waals surface area contributed by atoms with Gasteiger partial charge in [-0.25, -0.2) is 9.80 Å². The lowest BCUT2D eigenvalue weighted by Gasteiger charge is -2.14. The van der Waals surface area contributed by atoms with Gasteiger partial charge < -0.3 is 9.15 Å². The molecule has 33 heavy (non-hydrogen) atoms. The van der Waals surface area contributed by atoms with Crippen LogP contribution in [0.4, 0.5) is 5.69 Å². The van der Waals surface area contributed by atoms with E-state index in [1.165, 1.54) is 6.08 Å². The van der Waals surface area contributed by atoms with Crippen LogP contribution in [-0.4, -0.2) is 23.9 Å². The minimum Gasteiger partial charge on any atom is -0.459 e. The van der Waals surface area contributed by atoms with Crippen LogP contribution in [0.1, 0.15) is 30.0 Å². The van der Waals surface area contributed by atoms with E-state index < -0.39 is 17.8 Å². The lowest BCUT2D eigenvalue weighted by molar-refractivity contribution is -0.117. The summed E-state index contributed by atoms with van der Waals surface area (Å²) in [6.45, 7) is 3.49. The van der Waals surface area contributed by atoms with Crippen LogP contribution in [0.2, 0.25) is 10.0 Å². The summed E-state index contributed by atoms with van der Waals surface area (Å²) in [5.41, 5.74) is 3.65. The van der Waals surface area contributed by atoms with Crippen LogP contribution in [0.3, 0.4) is 0 Å². The van der Waals surface area contributed by atoms with Gasteiger partial charge in [0.05, 0.1) is 22.4 Å². The Bertz CT molecular complexity index is 1300. The second-order valence-electron chi connectivity index (χ2n) is 7.47. The highest BCUT2D eigenvalue weighted by Crippen LogP contribution is 2.29. The van der Waals surface area contributed by atoms with Crippen molar-refractivity contribution in [1.29, 1.82) is 0 Å². The summed E-state index contributed by atoms with van der Waals surface area (Å²) in [4.78, 5) is 37.5. The van der Waals surface area contributed by atoms with Crippen LogP contribution in [-0.2, 0) is 14.3 Å². The lowest BCUT2D eigenvalue weighted by Crippen LogP contribution is -2.35. The Morgan fingerprint density at radius 3 is 2.61 bits per heavy atom. The summed E-state index contributed by atoms with van der Waals surface area (Å²) in [5.74, 6) is -0.930. The zero-order valence-corrected chi connectivity index (χ0v) is 19.1. The van der Waals surface area contributed by atoms with Gasteiger partial charge in [-0.1, -0.05) is 29.3 Å². The van der Waals surface area contributed by atoms with E-state index in [0.29, 0.717) is 22.0 Å². The average molecular weight is 485 g/mol. The normalized spacial score (nSPS) is 14.8. The minimum atomic E-state index is -0.567. The summed E-state index contributed by atoms with van der Waals surface area (Å²) in [6, 6.07) is 14.7. The molecular weight excluding hydrogens is 467 g/mol. The molecule has 0 saturated carbocycles. The number of furan rings is 1. The Morgan fingerprint density at radius 2 is 1.88 bits per heavy atom. The largest absolute Gasteiger partial charge is 0.459 e. The molecule has 168 valence electrons. The number of carbonyl (C=O) groups excluding carboxylic acids is 3. The maximum absolute atomic E-state index is 12.8. The molecule has 3 aromatic rings. The van der Waals surface area contributed by atoms with Crippen molar-refractivity contribution in [2.45, 2.75) is 20.0 Å². The summed E-state index contributed by atoms with van der Waals surface area (Å²) >= 11 is 12.1. The van der Waals surface area contributed by atoms with E-state index in [2.05, 4.69) is 5.43 Å². The number of ether oxygens (including phenoxy) is 1. The number of anilines is 1. The molecule has 1 saturated heterocycles. The molecule has 1 aliphatic heterocycles. The number of nitrogens with zero attached hydrogens (tertiary/aromatic N) is 1. The minimum absolute atomic E-state index is 0.0896. The number of nitrogens with one attached hydrogen (secondary N) is 1. The standard InChI is InChI=1S/C24H18Cl2N2O5/c1-13(2)32-24(31)18-10-14(6-8-20(18)26)21-9-7-17(33-21)12-19-22(29)27-28(23(19)30)16-5-3-4-15(25)11-16/h3-13H,1-2H3,(H,27,29)/b19-12-. The van der Waals surface area contributed by atoms with Gasteiger partial charge in [0, 0.05) is 10.6 Å². The van der Waals surface area contributed by atoms with Gasteiger partial charge in [0.15, 0.2) is 0 Å².